The quantitative estimate of drug-likeness (QED) is 0.811. The number of fused-ring (bicyclic) bond motifs is 3. The van der Waals surface area contributed by atoms with Crippen molar-refractivity contribution in [3.8, 4) is 6.07 Å². The molecule has 1 saturated carbocycles. The lowest BCUT2D eigenvalue weighted by molar-refractivity contribution is -0.117. The number of carbonyl (C=O) groups is 1. The zero-order valence-corrected chi connectivity index (χ0v) is 17.4. The van der Waals surface area contributed by atoms with Crippen LogP contribution in [-0.2, 0) is 11.3 Å². The SMILES string of the molecule is C=C1NC2CCC(C)C(C2)CN2C=C(C(=O)NCc3ccccc3)C(=C)C(C#N)=C12. The molecule has 2 heterocycles. The molecule has 30 heavy (non-hydrogen) atoms. The van der Waals surface area contributed by atoms with Crippen molar-refractivity contribution in [2.45, 2.75) is 38.8 Å². The number of carbonyl (C=O) groups excluding carboxylic acids is 1. The molecule has 3 atom stereocenters. The van der Waals surface area contributed by atoms with Crippen LogP contribution in [0.5, 0.6) is 0 Å². The molecule has 4 rings (SSSR count). The van der Waals surface area contributed by atoms with Gasteiger partial charge < -0.3 is 15.5 Å². The average molecular weight is 401 g/mol. The maximum Gasteiger partial charge on any atom is 0.253 e. The second-order valence-electron chi connectivity index (χ2n) is 8.55. The summed E-state index contributed by atoms with van der Waals surface area (Å²) in [5.41, 5.74) is 3.84. The largest absolute Gasteiger partial charge is 0.381 e. The second kappa shape index (κ2) is 8.23. The summed E-state index contributed by atoms with van der Waals surface area (Å²) in [6.45, 7) is 11.8. The highest BCUT2D eigenvalue weighted by Gasteiger charge is 2.36. The van der Waals surface area contributed by atoms with Gasteiger partial charge in [-0.25, -0.2) is 0 Å². The highest BCUT2D eigenvalue weighted by molar-refractivity contribution is 6.00. The van der Waals surface area contributed by atoms with Crippen molar-refractivity contribution in [2.24, 2.45) is 11.8 Å². The lowest BCUT2D eigenvalue weighted by atomic mass is 9.76. The van der Waals surface area contributed by atoms with E-state index >= 15 is 0 Å². The van der Waals surface area contributed by atoms with E-state index in [-0.39, 0.29) is 5.91 Å². The summed E-state index contributed by atoms with van der Waals surface area (Å²) < 4.78 is 0. The van der Waals surface area contributed by atoms with Crippen LogP contribution in [0.25, 0.3) is 0 Å². The Balaban J connectivity index is 1.62. The number of amides is 1. The zero-order valence-electron chi connectivity index (χ0n) is 17.4. The van der Waals surface area contributed by atoms with Crippen molar-refractivity contribution >= 4 is 5.91 Å². The van der Waals surface area contributed by atoms with Crippen molar-refractivity contribution < 1.29 is 4.79 Å². The van der Waals surface area contributed by atoms with Gasteiger partial charge in [0.1, 0.15) is 6.07 Å². The molecule has 3 unspecified atom stereocenters. The van der Waals surface area contributed by atoms with E-state index in [4.69, 9.17) is 0 Å². The third-order valence-corrected chi connectivity index (χ3v) is 6.55. The summed E-state index contributed by atoms with van der Waals surface area (Å²) >= 11 is 0. The topological polar surface area (TPSA) is 68.2 Å². The monoisotopic (exact) mass is 400 g/mol. The Morgan fingerprint density at radius 1 is 1.30 bits per heavy atom. The molecule has 2 fully saturated rings. The van der Waals surface area contributed by atoms with E-state index in [2.05, 4.69) is 36.8 Å². The molecule has 1 aromatic carbocycles. The van der Waals surface area contributed by atoms with Gasteiger partial charge in [0.2, 0.25) is 0 Å². The zero-order chi connectivity index (χ0) is 21.3. The molecule has 2 bridgehead atoms. The Kier molecular flexibility index (Phi) is 5.50. The first-order chi connectivity index (χ1) is 14.5. The van der Waals surface area contributed by atoms with Gasteiger partial charge in [0.15, 0.2) is 0 Å². The Hall–Kier alpha value is -3.26. The summed E-state index contributed by atoms with van der Waals surface area (Å²) in [6.07, 6.45) is 5.23. The van der Waals surface area contributed by atoms with Crippen molar-refractivity contribution in [3.63, 3.8) is 0 Å². The van der Waals surface area contributed by atoms with E-state index in [1.807, 2.05) is 41.4 Å². The molecule has 2 N–H and O–H groups in total. The number of rotatable bonds is 3. The van der Waals surface area contributed by atoms with Gasteiger partial charge in [-0.1, -0.05) is 50.4 Å². The molecular formula is C25H28N4O. The minimum Gasteiger partial charge on any atom is -0.381 e. The van der Waals surface area contributed by atoms with Crippen LogP contribution in [0.1, 0.15) is 31.7 Å². The van der Waals surface area contributed by atoms with Gasteiger partial charge in [-0.2, -0.15) is 5.26 Å². The van der Waals surface area contributed by atoms with Gasteiger partial charge in [-0.3, -0.25) is 4.79 Å². The average Bonchev–Trinajstić information content (AvgIpc) is 2.74. The molecule has 1 aliphatic carbocycles. The van der Waals surface area contributed by atoms with E-state index in [1.165, 1.54) is 6.42 Å². The summed E-state index contributed by atoms with van der Waals surface area (Å²) in [4.78, 5) is 15.0. The van der Waals surface area contributed by atoms with E-state index < -0.39 is 0 Å². The maximum atomic E-state index is 13.0. The van der Waals surface area contributed by atoms with Crippen LogP contribution in [0.4, 0.5) is 0 Å². The molecule has 5 heteroatoms. The van der Waals surface area contributed by atoms with Crippen LogP contribution in [0, 0.1) is 23.2 Å². The van der Waals surface area contributed by atoms with Gasteiger partial charge in [0.25, 0.3) is 5.91 Å². The Morgan fingerprint density at radius 2 is 2.07 bits per heavy atom. The van der Waals surface area contributed by atoms with Crippen molar-refractivity contribution in [1.82, 2.24) is 15.5 Å². The van der Waals surface area contributed by atoms with Crippen molar-refractivity contribution in [3.05, 3.63) is 83.4 Å². The number of hydrogen-bond acceptors (Lipinski definition) is 4. The Morgan fingerprint density at radius 3 is 2.80 bits per heavy atom. The van der Waals surface area contributed by atoms with Crippen LogP contribution in [0.15, 0.2) is 77.8 Å². The Labute approximate surface area is 178 Å². The van der Waals surface area contributed by atoms with E-state index in [1.54, 1.807) is 0 Å². The van der Waals surface area contributed by atoms with E-state index in [9.17, 15) is 10.1 Å². The van der Waals surface area contributed by atoms with Crippen LogP contribution in [0.3, 0.4) is 0 Å². The predicted octanol–water partition coefficient (Wildman–Crippen LogP) is 3.76. The molecule has 0 aromatic heterocycles. The summed E-state index contributed by atoms with van der Waals surface area (Å²) in [7, 11) is 0. The molecular weight excluding hydrogens is 372 g/mol. The van der Waals surface area contributed by atoms with Crippen LogP contribution >= 0.6 is 0 Å². The van der Waals surface area contributed by atoms with Gasteiger partial charge in [0.05, 0.1) is 22.5 Å². The highest BCUT2D eigenvalue weighted by Crippen LogP contribution is 2.39. The number of allylic oxidation sites excluding steroid dienone is 1. The summed E-state index contributed by atoms with van der Waals surface area (Å²) in [5.74, 6) is 0.886. The fourth-order valence-corrected chi connectivity index (χ4v) is 4.75. The minimum atomic E-state index is -0.217. The van der Waals surface area contributed by atoms with Gasteiger partial charge in [0, 0.05) is 30.9 Å². The molecule has 1 aromatic rings. The first-order valence-electron chi connectivity index (χ1n) is 10.6. The van der Waals surface area contributed by atoms with E-state index in [0.29, 0.717) is 41.1 Å². The molecule has 154 valence electrons. The Bertz CT molecular complexity index is 982. The van der Waals surface area contributed by atoms with Gasteiger partial charge in [-0.05, 0) is 36.7 Å². The fraction of sp³-hybridized carbons (Fsp3) is 0.360. The lowest BCUT2D eigenvalue weighted by Crippen LogP contribution is -2.46. The van der Waals surface area contributed by atoms with Crippen LogP contribution in [-0.4, -0.2) is 23.4 Å². The standard InChI is InChI=1S/C25H28N4O/c1-16-9-10-21-11-20(16)14-29-15-23(17(2)22(12-26)24(29)18(3)28-21)25(30)27-13-19-7-5-4-6-8-19/h4-8,15-16,20-21,28H,2-3,9-11,13-14H2,1H3,(H,27,30). The number of nitrogens with one attached hydrogen (secondary N) is 2. The lowest BCUT2D eigenvalue weighted by Gasteiger charge is -2.43. The molecule has 1 saturated heterocycles. The molecule has 0 spiro atoms. The van der Waals surface area contributed by atoms with Gasteiger partial charge in [-0.15, -0.1) is 0 Å². The predicted molar refractivity (Wildman–Crippen MR) is 117 cm³/mol. The summed E-state index contributed by atoms with van der Waals surface area (Å²) in [5, 5.41) is 16.4. The third-order valence-electron chi connectivity index (χ3n) is 6.55. The van der Waals surface area contributed by atoms with Crippen LogP contribution in [0.2, 0.25) is 0 Å². The number of nitriles is 1. The van der Waals surface area contributed by atoms with E-state index in [0.717, 1.165) is 36.3 Å². The van der Waals surface area contributed by atoms with Crippen molar-refractivity contribution in [1.29, 1.82) is 5.26 Å². The normalized spacial score (nSPS) is 25.9. The highest BCUT2D eigenvalue weighted by atomic mass is 16.1. The number of benzene rings is 1. The fourth-order valence-electron chi connectivity index (χ4n) is 4.75. The first-order valence-corrected chi connectivity index (χ1v) is 10.6. The minimum absolute atomic E-state index is 0.217. The number of nitrogens with zero attached hydrogens (tertiary/aromatic N) is 2. The van der Waals surface area contributed by atoms with Crippen molar-refractivity contribution in [2.75, 3.05) is 6.54 Å². The first kappa shape index (κ1) is 20.0. The van der Waals surface area contributed by atoms with Crippen LogP contribution < -0.4 is 10.6 Å². The maximum absolute atomic E-state index is 13.0. The molecule has 1 amide bonds. The third kappa shape index (κ3) is 3.78. The number of hydrogen-bond donors (Lipinski definition) is 2. The molecule has 2 aliphatic heterocycles. The smallest absolute Gasteiger partial charge is 0.253 e. The van der Waals surface area contributed by atoms with Gasteiger partial charge >= 0.3 is 0 Å². The second-order valence-corrected chi connectivity index (χ2v) is 8.55. The molecule has 0 radical (unpaired) electrons. The molecule has 5 nitrogen and oxygen atoms in total. The summed E-state index contributed by atoms with van der Waals surface area (Å²) in [6, 6.07) is 12.5. The molecule has 3 aliphatic rings.